The molecule has 0 aliphatic heterocycles. The summed E-state index contributed by atoms with van der Waals surface area (Å²) in [6.45, 7) is 8.67. The topological polar surface area (TPSA) is 25.8 Å². The van der Waals surface area contributed by atoms with Crippen LogP contribution in [-0.4, -0.2) is 9.97 Å². The van der Waals surface area contributed by atoms with Crippen molar-refractivity contribution >= 4 is 0 Å². The molecule has 1 heterocycles. The Hall–Kier alpha value is -0.920. The van der Waals surface area contributed by atoms with Crippen molar-refractivity contribution in [3.8, 4) is 0 Å². The minimum absolute atomic E-state index is 0.523. The van der Waals surface area contributed by atoms with Crippen molar-refractivity contribution in [3.05, 3.63) is 23.3 Å². The highest BCUT2D eigenvalue weighted by molar-refractivity contribution is 5.19. The third-order valence-electron chi connectivity index (χ3n) is 2.69. The first kappa shape index (κ1) is 12.2. The average Bonchev–Trinajstić information content (AvgIpc) is 2.17. The molecule has 2 heteroatoms. The van der Waals surface area contributed by atoms with E-state index < -0.39 is 0 Å². The molecule has 0 N–H and O–H groups in total. The monoisotopic (exact) mass is 206 g/mol. The lowest BCUT2D eigenvalue weighted by Crippen LogP contribution is -2.02. The maximum atomic E-state index is 4.56. The van der Waals surface area contributed by atoms with Gasteiger partial charge in [-0.1, -0.05) is 33.6 Å². The highest BCUT2D eigenvalue weighted by Crippen LogP contribution is 2.16. The normalized spacial score (nSPS) is 11.0. The van der Waals surface area contributed by atoms with Gasteiger partial charge >= 0.3 is 0 Å². The highest BCUT2D eigenvalue weighted by Gasteiger charge is 2.06. The van der Waals surface area contributed by atoms with Crippen LogP contribution in [-0.2, 0) is 6.42 Å². The smallest absolute Gasteiger partial charge is 0.128 e. The molecule has 0 saturated carbocycles. The first-order valence-electron chi connectivity index (χ1n) is 5.97. The largest absolute Gasteiger partial charge is 0.241 e. The number of hydrogen-bond acceptors (Lipinski definition) is 2. The van der Waals surface area contributed by atoms with Crippen LogP contribution in [0.15, 0.2) is 6.20 Å². The highest BCUT2D eigenvalue weighted by atomic mass is 14.9. The van der Waals surface area contributed by atoms with E-state index in [1.54, 1.807) is 0 Å². The lowest BCUT2D eigenvalue weighted by molar-refractivity contribution is 0.686. The summed E-state index contributed by atoms with van der Waals surface area (Å²) in [7, 11) is 0. The summed E-state index contributed by atoms with van der Waals surface area (Å²) >= 11 is 0. The van der Waals surface area contributed by atoms with E-state index in [0.29, 0.717) is 5.92 Å². The van der Waals surface area contributed by atoms with Gasteiger partial charge in [-0.3, -0.25) is 0 Å². The van der Waals surface area contributed by atoms with Crippen LogP contribution in [0.5, 0.6) is 0 Å². The summed E-state index contributed by atoms with van der Waals surface area (Å²) in [6.07, 6.45) is 6.75. The Morgan fingerprint density at radius 1 is 1.27 bits per heavy atom. The second-order valence-corrected chi connectivity index (χ2v) is 4.44. The van der Waals surface area contributed by atoms with Gasteiger partial charge in [-0.15, -0.1) is 0 Å². The molecule has 0 unspecified atom stereocenters. The molecule has 0 spiro atoms. The minimum atomic E-state index is 0.523. The third kappa shape index (κ3) is 3.61. The SMILES string of the molecule is CCCCCc1ncc(C(C)C)c(C)n1. The van der Waals surface area contributed by atoms with E-state index in [4.69, 9.17) is 0 Å². The Labute approximate surface area is 93.2 Å². The summed E-state index contributed by atoms with van der Waals surface area (Å²) in [6, 6.07) is 0. The molecule has 84 valence electrons. The molecule has 0 aliphatic carbocycles. The molecule has 0 amide bonds. The van der Waals surface area contributed by atoms with E-state index in [2.05, 4.69) is 37.7 Å². The van der Waals surface area contributed by atoms with Crippen LogP contribution in [0.4, 0.5) is 0 Å². The van der Waals surface area contributed by atoms with Gasteiger partial charge in [-0.2, -0.15) is 0 Å². The van der Waals surface area contributed by atoms with E-state index in [-0.39, 0.29) is 0 Å². The van der Waals surface area contributed by atoms with Crippen LogP contribution in [0.2, 0.25) is 0 Å². The minimum Gasteiger partial charge on any atom is -0.241 e. The number of aromatic nitrogens is 2. The predicted molar refractivity (Wildman–Crippen MR) is 64.1 cm³/mol. The van der Waals surface area contributed by atoms with Crippen LogP contribution in [0.25, 0.3) is 0 Å². The Bertz CT molecular complexity index is 305. The lowest BCUT2D eigenvalue weighted by Gasteiger charge is -2.09. The molecule has 0 aromatic carbocycles. The molecular formula is C13H22N2. The van der Waals surface area contributed by atoms with E-state index in [1.807, 2.05) is 6.20 Å². The van der Waals surface area contributed by atoms with Crippen LogP contribution < -0.4 is 0 Å². The number of nitrogens with zero attached hydrogens (tertiary/aromatic N) is 2. The van der Waals surface area contributed by atoms with Gasteiger partial charge in [0.1, 0.15) is 5.82 Å². The molecule has 0 bridgehead atoms. The van der Waals surface area contributed by atoms with Crippen molar-refractivity contribution in [2.75, 3.05) is 0 Å². The Morgan fingerprint density at radius 3 is 2.53 bits per heavy atom. The summed E-state index contributed by atoms with van der Waals surface area (Å²) in [5, 5.41) is 0. The van der Waals surface area contributed by atoms with Gasteiger partial charge < -0.3 is 0 Å². The second-order valence-electron chi connectivity index (χ2n) is 4.44. The van der Waals surface area contributed by atoms with Crippen LogP contribution >= 0.6 is 0 Å². The average molecular weight is 206 g/mol. The van der Waals surface area contributed by atoms with Crippen LogP contribution in [0.3, 0.4) is 0 Å². The molecule has 1 rings (SSSR count). The fourth-order valence-electron chi connectivity index (χ4n) is 1.74. The van der Waals surface area contributed by atoms with Crippen LogP contribution in [0, 0.1) is 6.92 Å². The Morgan fingerprint density at radius 2 is 2.00 bits per heavy atom. The zero-order chi connectivity index (χ0) is 11.3. The molecule has 15 heavy (non-hydrogen) atoms. The number of unbranched alkanes of at least 4 members (excludes halogenated alkanes) is 2. The molecular weight excluding hydrogens is 184 g/mol. The molecule has 1 aromatic rings. The fourth-order valence-corrected chi connectivity index (χ4v) is 1.74. The van der Waals surface area contributed by atoms with E-state index in [1.165, 1.54) is 24.8 Å². The summed E-state index contributed by atoms with van der Waals surface area (Å²) in [5.74, 6) is 1.53. The first-order chi connectivity index (χ1) is 7.15. The summed E-state index contributed by atoms with van der Waals surface area (Å²) in [5.41, 5.74) is 2.42. The summed E-state index contributed by atoms with van der Waals surface area (Å²) in [4.78, 5) is 8.98. The van der Waals surface area contributed by atoms with Gasteiger partial charge in [0.25, 0.3) is 0 Å². The van der Waals surface area contributed by atoms with E-state index in [0.717, 1.165) is 17.9 Å². The Balaban J connectivity index is 2.65. The van der Waals surface area contributed by atoms with Gasteiger partial charge in [-0.25, -0.2) is 9.97 Å². The molecule has 0 aliphatic rings. The molecule has 0 radical (unpaired) electrons. The molecule has 0 fully saturated rings. The molecule has 0 atom stereocenters. The number of hydrogen-bond donors (Lipinski definition) is 0. The summed E-state index contributed by atoms with van der Waals surface area (Å²) < 4.78 is 0. The van der Waals surface area contributed by atoms with Gasteiger partial charge in [-0.05, 0) is 24.8 Å². The van der Waals surface area contributed by atoms with Gasteiger partial charge in [0.15, 0.2) is 0 Å². The third-order valence-corrected chi connectivity index (χ3v) is 2.69. The van der Waals surface area contributed by atoms with Gasteiger partial charge in [0.05, 0.1) is 0 Å². The fraction of sp³-hybridized carbons (Fsp3) is 0.692. The standard InChI is InChI=1S/C13H22N2/c1-5-6-7-8-13-14-9-12(10(2)3)11(4)15-13/h9-10H,5-8H2,1-4H3. The predicted octanol–water partition coefficient (Wildman–Crippen LogP) is 3.64. The molecule has 0 saturated heterocycles. The maximum Gasteiger partial charge on any atom is 0.128 e. The Kier molecular flexibility index (Phi) is 4.73. The molecule has 1 aromatic heterocycles. The second kappa shape index (κ2) is 5.84. The van der Waals surface area contributed by atoms with Crippen LogP contribution in [0.1, 0.15) is 63.0 Å². The van der Waals surface area contributed by atoms with Crippen molar-refractivity contribution in [2.24, 2.45) is 0 Å². The molecule has 2 nitrogen and oxygen atoms in total. The zero-order valence-corrected chi connectivity index (χ0v) is 10.4. The van der Waals surface area contributed by atoms with E-state index in [9.17, 15) is 0 Å². The number of rotatable bonds is 5. The van der Waals surface area contributed by atoms with Gasteiger partial charge in [0, 0.05) is 18.3 Å². The van der Waals surface area contributed by atoms with Crippen molar-refractivity contribution in [2.45, 2.75) is 59.3 Å². The van der Waals surface area contributed by atoms with Crippen molar-refractivity contribution < 1.29 is 0 Å². The van der Waals surface area contributed by atoms with Crippen molar-refractivity contribution in [1.29, 1.82) is 0 Å². The quantitative estimate of drug-likeness (QED) is 0.687. The maximum absolute atomic E-state index is 4.56. The first-order valence-corrected chi connectivity index (χ1v) is 5.97. The van der Waals surface area contributed by atoms with Crippen molar-refractivity contribution in [3.63, 3.8) is 0 Å². The zero-order valence-electron chi connectivity index (χ0n) is 10.4. The van der Waals surface area contributed by atoms with Gasteiger partial charge in [0.2, 0.25) is 0 Å². The van der Waals surface area contributed by atoms with E-state index >= 15 is 0 Å². The lowest BCUT2D eigenvalue weighted by atomic mass is 10.0. The van der Waals surface area contributed by atoms with Crippen molar-refractivity contribution in [1.82, 2.24) is 9.97 Å². The number of aryl methyl sites for hydroxylation is 2.